The number of carbonyl (C=O) groups is 2. The molecule has 0 atom stereocenters. The normalized spacial score (nSPS) is 9.88. The van der Waals surface area contributed by atoms with Gasteiger partial charge in [0.1, 0.15) is 5.75 Å². The Balaban J connectivity index is 1.89. The molecule has 132 valence electrons. The molecule has 2 N–H and O–H groups in total. The number of para-hydroxylation sites is 1. The van der Waals surface area contributed by atoms with E-state index in [0.717, 1.165) is 5.56 Å². The molecule has 25 heavy (non-hydrogen) atoms. The highest BCUT2D eigenvalue weighted by Crippen LogP contribution is 2.30. The number of nitrogens with one attached hydrogen (secondary N) is 2. The first-order valence-electron chi connectivity index (χ1n) is 7.54. The molecule has 0 aromatic heterocycles. The van der Waals surface area contributed by atoms with Crippen LogP contribution in [0.5, 0.6) is 17.2 Å². The van der Waals surface area contributed by atoms with Crippen LogP contribution in [-0.2, 0) is 4.79 Å². The SMILES string of the molecule is COc1cccc(C(=O)NNC(=O)COc2ccc(C)cc2)c1OC. The summed E-state index contributed by atoms with van der Waals surface area (Å²) in [5.41, 5.74) is 5.94. The number of aryl methyl sites for hydroxylation is 1. The number of hydrogen-bond acceptors (Lipinski definition) is 5. The standard InChI is InChI=1S/C18H20N2O5/c1-12-7-9-13(10-8-12)25-11-16(21)19-20-18(22)14-5-4-6-15(23-2)17(14)24-3/h4-10H,11H2,1-3H3,(H,19,21)(H,20,22). The van der Waals surface area contributed by atoms with Gasteiger partial charge in [-0.15, -0.1) is 0 Å². The van der Waals surface area contributed by atoms with Crippen molar-refractivity contribution in [3.8, 4) is 17.2 Å². The summed E-state index contributed by atoms with van der Waals surface area (Å²) in [6.07, 6.45) is 0. The highest BCUT2D eigenvalue weighted by molar-refractivity contribution is 5.98. The van der Waals surface area contributed by atoms with Gasteiger partial charge >= 0.3 is 0 Å². The van der Waals surface area contributed by atoms with Crippen LogP contribution in [0.4, 0.5) is 0 Å². The number of rotatable bonds is 6. The number of amides is 2. The van der Waals surface area contributed by atoms with Gasteiger partial charge in [-0.1, -0.05) is 23.8 Å². The van der Waals surface area contributed by atoms with Crippen LogP contribution in [0, 0.1) is 6.92 Å². The summed E-state index contributed by atoms with van der Waals surface area (Å²) in [6, 6.07) is 12.2. The highest BCUT2D eigenvalue weighted by atomic mass is 16.5. The average Bonchev–Trinajstić information content (AvgIpc) is 2.64. The second kappa shape index (κ2) is 8.58. The lowest BCUT2D eigenvalue weighted by atomic mass is 10.2. The van der Waals surface area contributed by atoms with Gasteiger partial charge in [0.05, 0.1) is 19.8 Å². The predicted molar refractivity (Wildman–Crippen MR) is 91.8 cm³/mol. The zero-order valence-corrected chi connectivity index (χ0v) is 14.3. The topological polar surface area (TPSA) is 85.9 Å². The van der Waals surface area contributed by atoms with E-state index in [1.165, 1.54) is 14.2 Å². The minimum atomic E-state index is -0.528. The minimum absolute atomic E-state index is 0.224. The third-order valence-electron chi connectivity index (χ3n) is 3.35. The van der Waals surface area contributed by atoms with Crippen molar-refractivity contribution in [1.29, 1.82) is 0 Å². The van der Waals surface area contributed by atoms with Crippen molar-refractivity contribution < 1.29 is 23.8 Å². The van der Waals surface area contributed by atoms with Crippen molar-refractivity contribution in [3.05, 3.63) is 53.6 Å². The largest absolute Gasteiger partial charge is 0.493 e. The van der Waals surface area contributed by atoms with E-state index in [1.54, 1.807) is 30.3 Å². The summed E-state index contributed by atoms with van der Waals surface area (Å²) in [6.45, 7) is 1.73. The van der Waals surface area contributed by atoms with Gasteiger partial charge in [-0.2, -0.15) is 0 Å². The van der Waals surface area contributed by atoms with Crippen molar-refractivity contribution >= 4 is 11.8 Å². The van der Waals surface area contributed by atoms with Crippen molar-refractivity contribution in [2.24, 2.45) is 0 Å². The Morgan fingerprint density at radius 1 is 0.960 bits per heavy atom. The van der Waals surface area contributed by atoms with Gasteiger partial charge in [0, 0.05) is 0 Å². The first-order chi connectivity index (χ1) is 12.0. The van der Waals surface area contributed by atoms with E-state index in [1.807, 2.05) is 19.1 Å². The lowest BCUT2D eigenvalue weighted by molar-refractivity contribution is -0.123. The molecule has 0 bridgehead atoms. The van der Waals surface area contributed by atoms with Gasteiger partial charge < -0.3 is 14.2 Å². The maximum Gasteiger partial charge on any atom is 0.276 e. The number of hydrogen-bond donors (Lipinski definition) is 2. The van der Waals surface area contributed by atoms with Gasteiger partial charge in [0.2, 0.25) is 0 Å². The Morgan fingerprint density at radius 2 is 1.68 bits per heavy atom. The lowest BCUT2D eigenvalue weighted by Crippen LogP contribution is -2.43. The van der Waals surface area contributed by atoms with Gasteiger partial charge in [-0.25, -0.2) is 0 Å². The molecule has 0 unspecified atom stereocenters. The highest BCUT2D eigenvalue weighted by Gasteiger charge is 2.16. The summed E-state index contributed by atoms with van der Waals surface area (Å²) < 4.78 is 15.7. The molecule has 0 aliphatic rings. The molecule has 0 heterocycles. The molecule has 7 heteroatoms. The molecule has 0 saturated carbocycles. The molecular formula is C18H20N2O5. The maximum atomic E-state index is 12.2. The fourth-order valence-corrected chi connectivity index (χ4v) is 2.08. The van der Waals surface area contributed by atoms with Crippen molar-refractivity contribution in [1.82, 2.24) is 10.9 Å². The Kier molecular flexibility index (Phi) is 6.22. The van der Waals surface area contributed by atoms with E-state index >= 15 is 0 Å². The fraction of sp³-hybridized carbons (Fsp3) is 0.222. The second-order valence-corrected chi connectivity index (χ2v) is 5.15. The van der Waals surface area contributed by atoms with E-state index < -0.39 is 11.8 Å². The zero-order valence-electron chi connectivity index (χ0n) is 14.3. The molecule has 0 fully saturated rings. The predicted octanol–water partition coefficient (Wildman–Crippen LogP) is 1.85. The Bertz CT molecular complexity index is 744. The molecule has 0 saturated heterocycles. The monoisotopic (exact) mass is 344 g/mol. The third-order valence-corrected chi connectivity index (χ3v) is 3.35. The van der Waals surface area contributed by atoms with E-state index in [0.29, 0.717) is 11.5 Å². The smallest absolute Gasteiger partial charge is 0.276 e. The number of benzene rings is 2. The Hall–Kier alpha value is -3.22. The summed E-state index contributed by atoms with van der Waals surface area (Å²) in [5.74, 6) is 0.258. The fourth-order valence-electron chi connectivity index (χ4n) is 2.08. The van der Waals surface area contributed by atoms with Crippen LogP contribution < -0.4 is 25.1 Å². The first kappa shape index (κ1) is 18.1. The Labute approximate surface area is 145 Å². The Morgan fingerprint density at radius 3 is 2.32 bits per heavy atom. The molecular weight excluding hydrogens is 324 g/mol. The lowest BCUT2D eigenvalue weighted by Gasteiger charge is -2.13. The number of carbonyl (C=O) groups excluding carboxylic acids is 2. The maximum absolute atomic E-state index is 12.2. The van der Waals surface area contributed by atoms with Gasteiger partial charge in [-0.3, -0.25) is 20.4 Å². The first-order valence-corrected chi connectivity index (χ1v) is 7.54. The summed E-state index contributed by atoms with van der Waals surface area (Å²) >= 11 is 0. The van der Waals surface area contributed by atoms with Gasteiger partial charge in [-0.05, 0) is 31.2 Å². The van der Waals surface area contributed by atoms with Crippen LogP contribution >= 0.6 is 0 Å². The molecule has 7 nitrogen and oxygen atoms in total. The van der Waals surface area contributed by atoms with Gasteiger partial charge in [0.15, 0.2) is 18.1 Å². The molecule has 2 amide bonds. The molecule has 2 aromatic carbocycles. The number of methoxy groups -OCH3 is 2. The summed E-state index contributed by atoms with van der Waals surface area (Å²) in [5, 5.41) is 0. The van der Waals surface area contributed by atoms with E-state index in [-0.39, 0.29) is 17.9 Å². The van der Waals surface area contributed by atoms with Crippen LogP contribution in [0.1, 0.15) is 15.9 Å². The van der Waals surface area contributed by atoms with E-state index in [2.05, 4.69) is 10.9 Å². The molecule has 0 spiro atoms. The summed E-state index contributed by atoms with van der Waals surface area (Å²) in [7, 11) is 2.91. The minimum Gasteiger partial charge on any atom is -0.493 e. The quantitative estimate of drug-likeness (QED) is 0.781. The molecule has 2 aromatic rings. The number of hydrazine groups is 1. The van der Waals surface area contributed by atoms with Crippen LogP contribution in [-0.4, -0.2) is 32.6 Å². The molecule has 0 radical (unpaired) electrons. The van der Waals surface area contributed by atoms with Crippen LogP contribution in [0.2, 0.25) is 0 Å². The molecule has 2 rings (SSSR count). The summed E-state index contributed by atoms with van der Waals surface area (Å²) in [4.78, 5) is 24.0. The van der Waals surface area contributed by atoms with Crippen molar-refractivity contribution in [2.75, 3.05) is 20.8 Å². The van der Waals surface area contributed by atoms with E-state index in [9.17, 15) is 9.59 Å². The number of ether oxygens (including phenoxy) is 3. The zero-order chi connectivity index (χ0) is 18.2. The van der Waals surface area contributed by atoms with Crippen LogP contribution in [0.15, 0.2) is 42.5 Å². The van der Waals surface area contributed by atoms with Crippen LogP contribution in [0.3, 0.4) is 0 Å². The van der Waals surface area contributed by atoms with Crippen molar-refractivity contribution in [2.45, 2.75) is 6.92 Å². The second-order valence-electron chi connectivity index (χ2n) is 5.15. The third kappa shape index (κ3) is 4.87. The van der Waals surface area contributed by atoms with E-state index in [4.69, 9.17) is 14.2 Å². The van der Waals surface area contributed by atoms with Crippen LogP contribution in [0.25, 0.3) is 0 Å². The molecule has 0 aliphatic heterocycles. The average molecular weight is 344 g/mol. The van der Waals surface area contributed by atoms with Gasteiger partial charge in [0.25, 0.3) is 11.8 Å². The molecule has 0 aliphatic carbocycles. The van der Waals surface area contributed by atoms with Crippen molar-refractivity contribution in [3.63, 3.8) is 0 Å².